The van der Waals surface area contributed by atoms with Crippen LogP contribution >= 0.6 is 0 Å². The molecule has 1 aliphatic rings. The van der Waals surface area contributed by atoms with Crippen LogP contribution in [0, 0.1) is 0 Å². The van der Waals surface area contributed by atoms with Crippen molar-refractivity contribution < 1.29 is 19.1 Å². The van der Waals surface area contributed by atoms with E-state index in [4.69, 9.17) is 15.2 Å². The smallest absolute Gasteiger partial charge is 0.410 e. The van der Waals surface area contributed by atoms with E-state index in [1.165, 1.54) is 13.2 Å². The van der Waals surface area contributed by atoms with Gasteiger partial charge >= 0.3 is 12.1 Å². The van der Waals surface area contributed by atoms with Crippen LogP contribution in [0.5, 0.6) is 0 Å². The third-order valence-corrected chi connectivity index (χ3v) is 3.63. The number of ether oxygens (including phenoxy) is 2. The first kappa shape index (κ1) is 17.8. The van der Waals surface area contributed by atoms with Crippen LogP contribution in [-0.2, 0) is 20.8 Å². The summed E-state index contributed by atoms with van der Waals surface area (Å²) >= 11 is 0. The normalized spacial score (nSPS) is 16.3. The van der Waals surface area contributed by atoms with Crippen LogP contribution < -0.4 is 5.73 Å². The van der Waals surface area contributed by atoms with E-state index in [1.807, 2.05) is 32.9 Å². The minimum absolute atomic E-state index is 0.379. The molecule has 0 unspecified atom stereocenters. The van der Waals surface area contributed by atoms with E-state index in [-0.39, 0.29) is 6.09 Å². The minimum atomic E-state index is -0.563. The lowest BCUT2D eigenvalue weighted by atomic mass is 9.98. The van der Waals surface area contributed by atoms with Crippen LogP contribution in [0.2, 0.25) is 0 Å². The van der Waals surface area contributed by atoms with Crippen molar-refractivity contribution >= 4 is 23.3 Å². The number of esters is 1. The van der Waals surface area contributed by atoms with Crippen molar-refractivity contribution in [3.63, 3.8) is 0 Å². The summed E-state index contributed by atoms with van der Waals surface area (Å²) in [5.41, 5.74) is 8.54. The molecular weight excluding hydrogens is 308 g/mol. The van der Waals surface area contributed by atoms with Crippen LogP contribution in [0.25, 0.3) is 5.57 Å². The Morgan fingerprint density at radius 1 is 1.29 bits per heavy atom. The predicted molar refractivity (Wildman–Crippen MR) is 92.1 cm³/mol. The molecule has 0 bridgehead atoms. The fourth-order valence-electron chi connectivity index (χ4n) is 2.57. The van der Waals surface area contributed by atoms with Gasteiger partial charge in [0, 0.05) is 24.9 Å². The lowest BCUT2D eigenvalue weighted by Crippen LogP contribution is -2.36. The third-order valence-electron chi connectivity index (χ3n) is 3.63. The summed E-state index contributed by atoms with van der Waals surface area (Å²) in [6, 6.07) is 5.48. The third kappa shape index (κ3) is 4.50. The highest BCUT2D eigenvalue weighted by molar-refractivity contribution is 5.92. The molecule has 0 saturated carbocycles. The van der Waals surface area contributed by atoms with Gasteiger partial charge in [-0.25, -0.2) is 9.59 Å². The Morgan fingerprint density at radius 2 is 2.00 bits per heavy atom. The molecule has 130 valence electrons. The van der Waals surface area contributed by atoms with Crippen LogP contribution in [0.1, 0.15) is 38.3 Å². The highest BCUT2D eigenvalue weighted by atomic mass is 16.6. The lowest BCUT2D eigenvalue weighted by molar-refractivity contribution is -0.134. The average molecular weight is 332 g/mol. The van der Waals surface area contributed by atoms with E-state index in [9.17, 15) is 9.59 Å². The van der Waals surface area contributed by atoms with Crippen LogP contribution in [0.4, 0.5) is 10.5 Å². The van der Waals surface area contributed by atoms with E-state index in [1.54, 1.807) is 11.0 Å². The molecule has 1 amide bonds. The van der Waals surface area contributed by atoms with Gasteiger partial charge in [-0.2, -0.15) is 0 Å². The first-order chi connectivity index (χ1) is 11.2. The minimum Gasteiger partial charge on any atom is -0.466 e. The standard InChI is InChI=1S/C18H24N2O4/c1-18(2,3)24-17(22)20-8-7-12(10-16(21)23-4)15-6-5-14(19)9-13(15)11-20/h5-6,9-10H,7-8,11,19H2,1-4H3/b12-10+. The van der Waals surface area contributed by atoms with Gasteiger partial charge in [-0.1, -0.05) is 6.07 Å². The molecule has 0 aliphatic carbocycles. The van der Waals surface area contributed by atoms with E-state index in [2.05, 4.69) is 0 Å². The van der Waals surface area contributed by atoms with Crippen molar-refractivity contribution in [2.75, 3.05) is 19.4 Å². The van der Waals surface area contributed by atoms with Gasteiger partial charge in [-0.05, 0) is 56.0 Å². The zero-order chi connectivity index (χ0) is 17.9. The van der Waals surface area contributed by atoms with Gasteiger partial charge < -0.3 is 20.1 Å². The molecule has 0 fully saturated rings. The van der Waals surface area contributed by atoms with Crippen LogP contribution in [-0.4, -0.2) is 36.2 Å². The van der Waals surface area contributed by atoms with Gasteiger partial charge in [0.1, 0.15) is 5.60 Å². The summed E-state index contributed by atoms with van der Waals surface area (Å²) in [5, 5.41) is 0. The molecule has 2 N–H and O–H groups in total. The number of carbonyl (C=O) groups excluding carboxylic acids is 2. The van der Waals surface area contributed by atoms with Crippen LogP contribution in [0.15, 0.2) is 24.3 Å². The molecule has 0 aromatic heterocycles. The maximum atomic E-state index is 12.4. The Morgan fingerprint density at radius 3 is 2.62 bits per heavy atom. The molecule has 1 heterocycles. The molecular formula is C18H24N2O4. The van der Waals surface area contributed by atoms with Crippen molar-refractivity contribution in [1.82, 2.24) is 4.90 Å². The first-order valence-electron chi connectivity index (χ1n) is 7.85. The first-order valence-corrected chi connectivity index (χ1v) is 7.85. The van der Waals surface area contributed by atoms with Gasteiger partial charge in [0.2, 0.25) is 0 Å². The zero-order valence-electron chi connectivity index (χ0n) is 14.6. The molecule has 1 aromatic rings. The van der Waals surface area contributed by atoms with Gasteiger partial charge in [-0.3, -0.25) is 0 Å². The number of nitrogen functional groups attached to an aromatic ring is 1. The molecule has 0 atom stereocenters. The van der Waals surface area contributed by atoms with Gasteiger partial charge in [0.15, 0.2) is 0 Å². The number of hydrogen-bond acceptors (Lipinski definition) is 5. The molecule has 0 radical (unpaired) electrons. The van der Waals surface area contributed by atoms with Gasteiger partial charge in [0.05, 0.1) is 7.11 Å². The number of fused-ring (bicyclic) bond motifs is 1. The number of amides is 1. The highest BCUT2D eigenvalue weighted by Gasteiger charge is 2.26. The second kappa shape index (κ2) is 6.95. The van der Waals surface area contributed by atoms with Crippen LogP contribution in [0.3, 0.4) is 0 Å². The van der Waals surface area contributed by atoms with E-state index in [0.29, 0.717) is 25.2 Å². The second-order valence-corrected chi connectivity index (χ2v) is 6.76. The number of carbonyl (C=O) groups is 2. The molecule has 0 saturated heterocycles. The monoisotopic (exact) mass is 332 g/mol. The Hall–Kier alpha value is -2.50. The molecule has 6 heteroatoms. The maximum Gasteiger partial charge on any atom is 0.410 e. The van der Waals surface area contributed by atoms with Gasteiger partial charge in [0.25, 0.3) is 0 Å². The quantitative estimate of drug-likeness (QED) is 0.486. The van der Waals surface area contributed by atoms with E-state index < -0.39 is 11.6 Å². The summed E-state index contributed by atoms with van der Waals surface area (Å²) in [5.74, 6) is -0.418. The number of methoxy groups -OCH3 is 1. The van der Waals surface area contributed by atoms with Crippen molar-refractivity contribution in [3.05, 3.63) is 35.4 Å². The Labute approximate surface area is 142 Å². The number of nitrogens with zero attached hydrogens (tertiary/aromatic N) is 1. The van der Waals surface area contributed by atoms with Crippen molar-refractivity contribution in [2.24, 2.45) is 0 Å². The Bertz CT molecular complexity index is 674. The summed E-state index contributed by atoms with van der Waals surface area (Å²) in [7, 11) is 1.34. The van der Waals surface area contributed by atoms with E-state index in [0.717, 1.165) is 16.7 Å². The largest absolute Gasteiger partial charge is 0.466 e. The SMILES string of the molecule is COC(=O)/C=C1\CCN(C(=O)OC(C)(C)C)Cc2cc(N)ccc21. The number of anilines is 1. The van der Waals surface area contributed by atoms with E-state index >= 15 is 0 Å². The average Bonchev–Trinajstić information content (AvgIpc) is 2.65. The lowest BCUT2D eigenvalue weighted by Gasteiger charge is -2.26. The molecule has 6 nitrogen and oxygen atoms in total. The summed E-state index contributed by atoms with van der Waals surface area (Å²) in [4.78, 5) is 25.7. The number of nitrogens with two attached hydrogens (primary N) is 1. The molecule has 0 spiro atoms. The predicted octanol–water partition coefficient (Wildman–Crippen LogP) is 2.97. The Balaban J connectivity index is 2.35. The van der Waals surface area contributed by atoms with Crippen molar-refractivity contribution in [2.45, 2.75) is 39.3 Å². The molecule has 1 aromatic carbocycles. The van der Waals surface area contributed by atoms with Gasteiger partial charge in [-0.15, -0.1) is 0 Å². The molecule has 24 heavy (non-hydrogen) atoms. The fraction of sp³-hybridized carbons (Fsp3) is 0.444. The zero-order valence-corrected chi connectivity index (χ0v) is 14.6. The molecule has 1 aliphatic heterocycles. The summed E-state index contributed by atoms with van der Waals surface area (Å²) in [6.45, 7) is 6.33. The highest BCUT2D eigenvalue weighted by Crippen LogP contribution is 2.30. The number of hydrogen-bond donors (Lipinski definition) is 1. The number of benzene rings is 1. The van der Waals surface area contributed by atoms with Crippen molar-refractivity contribution in [1.29, 1.82) is 0 Å². The van der Waals surface area contributed by atoms with Crippen molar-refractivity contribution in [3.8, 4) is 0 Å². The maximum absolute atomic E-state index is 12.4. The topological polar surface area (TPSA) is 81.9 Å². The number of rotatable bonds is 1. The summed E-state index contributed by atoms with van der Waals surface area (Å²) < 4.78 is 10.2. The fourth-order valence-corrected chi connectivity index (χ4v) is 2.57. The second-order valence-electron chi connectivity index (χ2n) is 6.76. The Kier molecular flexibility index (Phi) is 5.17. The summed E-state index contributed by atoms with van der Waals surface area (Å²) in [6.07, 6.45) is 1.62. The molecule has 2 rings (SSSR count).